The van der Waals surface area contributed by atoms with Gasteiger partial charge in [-0.1, -0.05) is 33.1 Å². The summed E-state index contributed by atoms with van der Waals surface area (Å²) in [6, 6.07) is 4.85. The normalized spacial score (nSPS) is 16.1. The second kappa shape index (κ2) is 6.78. The van der Waals surface area contributed by atoms with Crippen LogP contribution in [0.15, 0.2) is 18.2 Å². The van der Waals surface area contributed by atoms with Crippen molar-refractivity contribution in [2.24, 2.45) is 5.92 Å². The molecular weight excluding hydrogens is 268 g/mol. The van der Waals surface area contributed by atoms with E-state index in [1.807, 2.05) is 0 Å². The summed E-state index contributed by atoms with van der Waals surface area (Å²) in [7, 11) is 0. The Balaban J connectivity index is 2.37. The maximum absolute atomic E-state index is 11.3. The first-order chi connectivity index (χ1) is 9.99. The Hall–Kier alpha value is -1.78. The van der Waals surface area contributed by atoms with Gasteiger partial charge in [0.1, 0.15) is 11.4 Å². The number of nitrogens with zero attached hydrogens (tertiary/aromatic N) is 2. The molecule has 0 aliphatic heterocycles. The minimum atomic E-state index is -0.398. The van der Waals surface area contributed by atoms with Gasteiger partial charge in [0.2, 0.25) is 0 Å². The standard InChI is InChI=1S/C16H24N2O3/c1-12(2)11-17(13-6-4-3-5-7-13)15-9-8-14(19)10-16(15)18(20)21/h8-10,12-13,19H,3-7,11H2,1-2H3. The van der Waals surface area contributed by atoms with Gasteiger partial charge < -0.3 is 10.0 Å². The molecule has 0 unspecified atom stereocenters. The van der Waals surface area contributed by atoms with Crippen molar-refractivity contribution in [2.45, 2.75) is 52.0 Å². The van der Waals surface area contributed by atoms with E-state index in [4.69, 9.17) is 0 Å². The highest BCUT2D eigenvalue weighted by atomic mass is 16.6. The van der Waals surface area contributed by atoms with Crippen LogP contribution in [-0.4, -0.2) is 22.6 Å². The first-order valence-electron chi connectivity index (χ1n) is 7.73. The molecule has 21 heavy (non-hydrogen) atoms. The Bertz CT molecular complexity index is 496. The zero-order chi connectivity index (χ0) is 15.4. The molecule has 1 aliphatic rings. The molecular formula is C16H24N2O3. The SMILES string of the molecule is CC(C)CN(c1ccc(O)cc1[N+](=O)[O-])C1CCCCC1. The number of phenols is 1. The molecule has 0 heterocycles. The van der Waals surface area contributed by atoms with Crippen molar-refractivity contribution in [3.63, 3.8) is 0 Å². The summed E-state index contributed by atoms with van der Waals surface area (Å²) in [6.45, 7) is 5.06. The van der Waals surface area contributed by atoms with E-state index < -0.39 is 4.92 Å². The van der Waals surface area contributed by atoms with Crippen LogP contribution in [0, 0.1) is 16.0 Å². The van der Waals surface area contributed by atoms with Gasteiger partial charge in [0.05, 0.1) is 11.0 Å². The smallest absolute Gasteiger partial charge is 0.296 e. The lowest BCUT2D eigenvalue weighted by Crippen LogP contribution is -2.39. The molecule has 1 aliphatic carbocycles. The second-order valence-corrected chi connectivity index (χ2v) is 6.27. The van der Waals surface area contributed by atoms with E-state index in [9.17, 15) is 15.2 Å². The Morgan fingerprint density at radius 2 is 2.00 bits per heavy atom. The van der Waals surface area contributed by atoms with Crippen LogP contribution in [0.1, 0.15) is 46.0 Å². The van der Waals surface area contributed by atoms with Crippen LogP contribution in [0.25, 0.3) is 0 Å². The largest absolute Gasteiger partial charge is 0.508 e. The van der Waals surface area contributed by atoms with Gasteiger partial charge in [-0.05, 0) is 30.9 Å². The van der Waals surface area contributed by atoms with E-state index in [0.717, 1.165) is 19.4 Å². The highest BCUT2D eigenvalue weighted by molar-refractivity contribution is 5.66. The van der Waals surface area contributed by atoms with E-state index in [-0.39, 0.29) is 11.4 Å². The number of hydrogen-bond donors (Lipinski definition) is 1. The van der Waals surface area contributed by atoms with E-state index in [1.165, 1.54) is 25.3 Å². The van der Waals surface area contributed by atoms with Gasteiger partial charge in [0.25, 0.3) is 5.69 Å². The molecule has 0 spiro atoms. The van der Waals surface area contributed by atoms with Gasteiger partial charge in [-0.15, -0.1) is 0 Å². The average molecular weight is 292 g/mol. The van der Waals surface area contributed by atoms with Crippen LogP contribution < -0.4 is 4.90 Å². The lowest BCUT2D eigenvalue weighted by Gasteiger charge is -2.37. The maximum atomic E-state index is 11.3. The molecule has 1 saturated carbocycles. The summed E-state index contributed by atoms with van der Waals surface area (Å²) in [6.07, 6.45) is 5.80. The lowest BCUT2D eigenvalue weighted by molar-refractivity contribution is -0.384. The third-order valence-electron chi connectivity index (χ3n) is 4.04. The predicted octanol–water partition coefficient (Wildman–Crippen LogP) is 4.10. The molecule has 0 atom stereocenters. The summed E-state index contributed by atoms with van der Waals surface area (Å²) in [5.41, 5.74) is 0.639. The van der Waals surface area contributed by atoms with Crippen molar-refractivity contribution in [3.05, 3.63) is 28.3 Å². The Kier molecular flexibility index (Phi) is 5.04. The monoisotopic (exact) mass is 292 g/mol. The van der Waals surface area contributed by atoms with Crippen LogP contribution in [-0.2, 0) is 0 Å². The number of anilines is 1. The molecule has 0 radical (unpaired) electrons. The quantitative estimate of drug-likeness (QED) is 0.655. The number of hydrogen-bond acceptors (Lipinski definition) is 4. The van der Waals surface area contributed by atoms with E-state index in [1.54, 1.807) is 12.1 Å². The molecule has 1 aromatic rings. The molecule has 5 nitrogen and oxygen atoms in total. The van der Waals surface area contributed by atoms with Crippen molar-refractivity contribution >= 4 is 11.4 Å². The molecule has 2 rings (SSSR count). The maximum Gasteiger partial charge on any atom is 0.296 e. The number of nitro groups is 1. The van der Waals surface area contributed by atoms with E-state index in [0.29, 0.717) is 17.6 Å². The van der Waals surface area contributed by atoms with E-state index >= 15 is 0 Å². The Labute approximate surface area is 125 Å². The Morgan fingerprint density at radius 3 is 2.57 bits per heavy atom. The zero-order valence-electron chi connectivity index (χ0n) is 12.8. The molecule has 116 valence electrons. The first-order valence-corrected chi connectivity index (χ1v) is 7.73. The Morgan fingerprint density at radius 1 is 1.33 bits per heavy atom. The van der Waals surface area contributed by atoms with Gasteiger partial charge >= 0.3 is 0 Å². The number of nitro benzene ring substituents is 1. The van der Waals surface area contributed by atoms with Gasteiger partial charge in [-0.3, -0.25) is 10.1 Å². The molecule has 0 bridgehead atoms. The van der Waals surface area contributed by atoms with Crippen LogP contribution in [0.2, 0.25) is 0 Å². The van der Waals surface area contributed by atoms with Crippen LogP contribution in [0.4, 0.5) is 11.4 Å². The number of aromatic hydroxyl groups is 1. The predicted molar refractivity (Wildman–Crippen MR) is 83.8 cm³/mol. The van der Waals surface area contributed by atoms with Crippen molar-refractivity contribution in [3.8, 4) is 5.75 Å². The van der Waals surface area contributed by atoms with Gasteiger partial charge in [-0.25, -0.2) is 0 Å². The summed E-state index contributed by atoms with van der Waals surface area (Å²) in [5.74, 6) is 0.374. The number of phenolic OH excluding ortho intramolecular Hbond substituents is 1. The third kappa shape index (κ3) is 3.86. The minimum absolute atomic E-state index is 0.00113. The average Bonchev–Trinajstić information content (AvgIpc) is 2.45. The van der Waals surface area contributed by atoms with Crippen molar-refractivity contribution in [1.82, 2.24) is 0 Å². The molecule has 1 aromatic carbocycles. The zero-order valence-corrected chi connectivity index (χ0v) is 12.8. The summed E-state index contributed by atoms with van der Waals surface area (Å²) < 4.78 is 0. The second-order valence-electron chi connectivity index (χ2n) is 6.27. The van der Waals surface area contributed by atoms with Crippen LogP contribution >= 0.6 is 0 Å². The third-order valence-corrected chi connectivity index (χ3v) is 4.04. The molecule has 1 fully saturated rings. The molecule has 1 N–H and O–H groups in total. The number of rotatable bonds is 5. The van der Waals surface area contributed by atoms with Gasteiger partial charge in [0, 0.05) is 12.6 Å². The molecule has 0 amide bonds. The van der Waals surface area contributed by atoms with Crippen LogP contribution in [0.3, 0.4) is 0 Å². The first kappa shape index (κ1) is 15.6. The van der Waals surface area contributed by atoms with Crippen LogP contribution in [0.5, 0.6) is 5.75 Å². The minimum Gasteiger partial charge on any atom is -0.508 e. The molecule has 0 saturated heterocycles. The summed E-state index contributed by atoms with van der Waals surface area (Å²) >= 11 is 0. The highest BCUT2D eigenvalue weighted by Gasteiger charge is 2.27. The van der Waals surface area contributed by atoms with Crippen molar-refractivity contribution in [2.75, 3.05) is 11.4 Å². The fraction of sp³-hybridized carbons (Fsp3) is 0.625. The van der Waals surface area contributed by atoms with E-state index in [2.05, 4.69) is 18.7 Å². The lowest BCUT2D eigenvalue weighted by atomic mass is 9.93. The van der Waals surface area contributed by atoms with Gasteiger partial charge in [0.15, 0.2) is 0 Å². The fourth-order valence-corrected chi connectivity index (χ4v) is 3.13. The van der Waals surface area contributed by atoms with Crippen molar-refractivity contribution in [1.29, 1.82) is 0 Å². The number of benzene rings is 1. The topological polar surface area (TPSA) is 66.6 Å². The molecule has 0 aromatic heterocycles. The highest BCUT2D eigenvalue weighted by Crippen LogP contribution is 2.36. The molecule has 5 heteroatoms. The summed E-state index contributed by atoms with van der Waals surface area (Å²) in [4.78, 5) is 13.1. The van der Waals surface area contributed by atoms with Gasteiger partial charge in [-0.2, -0.15) is 0 Å². The van der Waals surface area contributed by atoms with Crippen molar-refractivity contribution < 1.29 is 10.0 Å². The summed E-state index contributed by atoms with van der Waals surface area (Å²) in [5, 5.41) is 20.9. The fourth-order valence-electron chi connectivity index (χ4n) is 3.13.